The minimum atomic E-state index is -1.09. The molecule has 0 saturated heterocycles. The van der Waals surface area contributed by atoms with E-state index in [9.17, 15) is 14.0 Å². The van der Waals surface area contributed by atoms with Crippen molar-refractivity contribution in [2.75, 3.05) is 7.05 Å². The molecule has 0 saturated carbocycles. The zero-order chi connectivity index (χ0) is 17.4. The molecule has 126 valence electrons. The zero-order valence-electron chi connectivity index (χ0n) is 13.5. The fourth-order valence-corrected chi connectivity index (χ4v) is 2.94. The third kappa shape index (κ3) is 2.55. The van der Waals surface area contributed by atoms with Gasteiger partial charge in [-0.3, -0.25) is 4.79 Å². The summed E-state index contributed by atoms with van der Waals surface area (Å²) < 4.78 is 15.6. The van der Waals surface area contributed by atoms with Crippen LogP contribution in [0.1, 0.15) is 35.1 Å². The fourth-order valence-electron chi connectivity index (χ4n) is 2.94. The van der Waals surface area contributed by atoms with Gasteiger partial charge >= 0.3 is 5.97 Å². The summed E-state index contributed by atoms with van der Waals surface area (Å²) in [6.45, 7) is 1.44. The summed E-state index contributed by atoms with van der Waals surface area (Å²) in [5, 5.41) is 13.4. The number of fused-ring (bicyclic) bond motifs is 1. The Kier molecular flexibility index (Phi) is 4.09. The number of amides is 1. The van der Waals surface area contributed by atoms with Crippen molar-refractivity contribution >= 4 is 11.9 Å². The molecule has 1 aliphatic rings. The summed E-state index contributed by atoms with van der Waals surface area (Å²) >= 11 is 0. The first-order chi connectivity index (χ1) is 11.4. The molecule has 6 nitrogen and oxygen atoms in total. The first kappa shape index (κ1) is 16.2. The Morgan fingerprint density at radius 1 is 1.33 bits per heavy atom. The minimum Gasteiger partial charge on any atom is -0.480 e. The third-order valence-electron chi connectivity index (χ3n) is 4.47. The predicted octanol–water partition coefficient (Wildman–Crippen LogP) is 2.05. The van der Waals surface area contributed by atoms with E-state index in [4.69, 9.17) is 5.11 Å². The predicted molar refractivity (Wildman–Crippen MR) is 84.7 cm³/mol. The van der Waals surface area contributed by atoms with Crippen molar-refractivity contribution in [2.45, 2.75) is 32.2 Å². The molecular formula is C17H18FN3O3. The van der Waals surface area contributed by atoms with E-state index in [1.807, 2.05) is 0 Å². The molecule has 0 fully saturated rings. The van der Waals surface area contributed by atoms with Gasteiger partial charge in [-0.05, 0) is 38.3 Å². The highest BCUT2D eigenvalue weighted by Gasteiger charge is 2.31. The number of likely N-dealkylation sites (N-methyl/N-ethyl adjacent to an activating group) is 1. The van der Waals surface area contributed by atoms with Crippen LogP contribution in [0.3, 0.4) is 0 Å². The molecule has 1 aliphatic carbocycles. The normalized spacial score (nSPS) is 14.3. The molecule has 1 aromatic carbocycles. The lowest BCUT2D eigenvalue weighted by atomic mass is 10.1. The van der Waals surface area contributed by atoms with Crippen molar-refractivity contribution in [3.8, 4) is 5.69 Å². The molecule has 0 aliphatic heterocycles. The molecule has 1 aromatic heterocycles. The van der Waals surface area contributed by atoms with Crippen LogP contribution < -0.4 is 0 Å². The topological polar surface area (TPSA) is 75.4 Å². The molecule has 1 unspecified atom stereocenters. The molecule has 0 bridgehead atoms. The summed E-state index contributed by atoms with van der Waals surface area (Å²) in [6, 6.07) is 5.30. The molecule has 1 atom stereocenters. The number of carbonyl (C=O) groups is 2. The Labute approximate surface area is 138 Å². The molecule has 7 heteroatoms. The van der Waals surface area contributed by atoms with Gasteiger partial charge in [0, 0.05) is 18.3 Å². The number of halogens is 1. The number of hydrogen-bond donors (Lipinski definition) is 1. The summed E-state index contributed by atoms with van der Waals surface area (Å²) in [6.07, 6.45) is 2.25. The molecule has 3 rings (SSSR count). The third-order valence-corrected chi connectivity index (χ3v) is 4.47. The van der Waals surface area contributed by atoms with Crippen LogP contribution in [0.2, 0.25) is 0 Å². The van der Waals surface area contributed by atoms with Crippen LogP contribution in [0.4, 0.5) is 4.39 Å². The van der Waals surface area contributed by atoms with Gasteiger partial charge in [-0.2, -0.15) is 5.10 Å². The smallest absolute Gasteiger partial charge is 0.326 e. The Balaban J connectivity index is 2.05. The Hall–Kier alpha value is -2.70. The minimum absolute atomic E-state index is 0.210. The molecule has 0 spiro atoms. The Bertz CT molecular complexity index is 815. The van der Waals surface area contributed by atoms with Crippen LogP contribution in [0, 0.1) is 5.82 Å². The highest BCUT2D eigenvalue weighted by molar-refractivity contribution is 5.96. The van der Waals surface area contributed by atoms with E-state index < -0.39 is 23.7 Å². The number of benzene rings is 1. The van der Waals surface area contributed by atoms with Gasteiger partial charge in [0.1, 0.15) is 17.5 Å². The number of para-hydroxylation sites is 1. The van der Waals surface area contributed by atoms with E-state index in [2.05, 4.69) is 5.10 Å². The number of carbonyl (C=O) groups excluding carboxylic acids is 1. The maximum absolute atomic E-state index is 14.1. The quantitative estimate of drug-likeness (QED) is 0.930. The molecule has 24 heavy (non-hydrogen) atoms. The van der Waals surface area contributed by atoms with Crippen molar-refractivity contribution in [3.63, 3.8) is 0 Å². The highest BCUT2D eigenvalue weighted by Crippen LogP contribution is 2.29. The molecule has 1 heterocycles. The van der Waals surface area contributed by atoms with Crippen molar-refractivity contribution < 1.29 is 19.1 Å². The SMILES string of the molecule is CC(C(=O)O)N(C)C(=O)c1nn(-c2ccccc2F)c2c1CCC2. The number of aromatic nitrogens is 2. The summed E-state index contributed by atoms with van der Waals surface area (Å²) in [4.78, 5) is 24.9. The van der Waals surface area contributed by atoms with E-state index in [1.165, 1.54) is 24.7 Å². The van der Waals surface area contributed by atoms with Gasteiger partial charge in [0.05, 0.1) is 0 Å². The highest BCUT2D eigenvalue weighted by atomic mass is 19.1. The lowest BCUT2D eigenvalue weighted by molar-refractivity contribution is -0.141. The fraction of sp³-hybridized carbons (Fsp3) is 0.353. The first-order valence-electron chi connectivity index (χ1n) is 7.77. The van der Waals surface area contributed by atoms with Crippen molar-refractivity contribution in [2.24, 2.45) is 0 Å². The zero-order valence-corrected chi connectivity index (χ0v) is 13.5. The van der Waals surface area contributed by atoms with Gasteiger partial charge in [0.2, 0.25) is 0 Å². The largest absolute Gasteiger partial charge is 0.480 e. The summed E-state index contributed by atoms with van der Waals surface area (Å²) in [5.74, 6) is -1.96. The second kappa shape index (κ2) is 6.07. The van der Waals surface area contributed by atoms with Crippen LogP contribution >= 0.6 is 0 Å². The Morgan fingerprint density at radius 2 is 2.04 bits per heavy atom. The lowest BCUT2D eigenvalue weighted by Crippen LogP contribution is -2.40. The van der Waals surface area contributed by atoms with Crippen molar-refractivity contribution in [1.29, 1.82) is 0 Å². The molecular weight excluding hydrogens is 313 g/mol. The molecule has 1 N–H and O–H groups in total. The number of rotatable bonds is 4. The maximum atomic E-state index is 14.1. The van der Waals surface area contributed by atoms with Gasteiger partial charge in [0.15, 0.2) is 5.69 Å². The van der Waals surface area contributed by atoms with E-state index >= 15 is 0 Å². The first-order valence-corrected chi connectivity index (χ1v) is 7.77. The van der Waals surface area contributed by atoms with E-state index in [-0.39, 0.29) is 5.69 Å². The maximum Gasteiger partial charge on any atom is 0.326 e. The van der Waals surface area contributed by atoms with Crippen LogP contribution in [0.25, 0.3) is 5.69 Å². The lowest BCUT2D eigenvalue weighted by Gasteiger charge is -2.20. The summed E-state index contributed by atoms with van der Waals surface area (Å²) in [7, 11) is 1.44. The van der Waals surface area contributed by atoms with Gasteiger partial charge in [-0.25, -0.2) is 13.9 Å². The summed E-state index contributed by atoms with van der Waals surface area (Å²) in [5.41, 5.74) is 2.11. The second-order valence-electron chi connectivity index (χ2n) is 5.92. The number of carboxylic acid groups (broad SMARTS) is 1. The van der Waals surface area contributed by atoms with Crippen molar-refractivity contribution in [3.05, 3.63) is 47.0 Å². The van der Waals surface area contributed by atoms with Crippen LogP contribution in [-0.4, -0.2) is 44.8 Å². The van der Waals surface area contributed by atoms with E-state index in [0.717, 1.165) is 22.6 Å². The van der Waals surface area contributed by atoms with Gasteiger partial charge in [-0.1, -0.05) is 12.1 Å². The standard InChI is InChI=1S/C17H18FN3O3/c1-10(17(23)24)20(2)16(22)15-11-6-5-9-13(11)21(19-15)14-8-4-3-7-12(14)18/h3-4,7-8,10H,5-6,9H2,1-2H3,(H,23,24). The molecule has 2 aromatic rings. The number of nitrogens with zero attached hydrogens (tertiary/aromatic N) is 3. The van der Waals surface area contributed by atoms with Gasteiger partial charge in [0.25, 0.3) is 5.91 Å². The van der Waals surface area contributed by atoms with Gasteiger partial charge in [-0.15, -0.1) is 0 Å². The van der Waals surface area contributed by atoms with E-state index in [1.54, 1.807) is 18.2 Å². The number of hydrogen-bond acceptors (Lipinski definition) is 3. The van der Waals surface area contributed by atoms with Crippen LogP contribution in [0.15, 0.2) is 24.3 Å². The Morgan fingerprint density at radius 3 is 2.71 bits per heavy atom. The second-order valence-corrected chi connectivity index (χ2v) is 5.92. The van der Waals surface area contributed by atoms with Gasteiger partial charge < -0.3 is 10.0 Å². The molecule has 1 amide bonds. The van der Waals surface area contributed by atoms with E-state index in [0.29, 0.717) is 18.5 Å². The van der Waals surface area contributed by atoms with Crippen LogP contribution in [-0.2, 0) is 17.6 Å². The number of aliphatic carboxylic acids is 1. The average Bonchev–Trinajstić information content (AvgIpc) is 3.15. The number of carboxylic acids is 1. The van der Waals surface area contributed by atoms with Crippen LogP contribution in [0.5, 0.6) is 0 Å². The monoisotopic (exact) mass is 331 g/mol. The average molecular weight is 331 g/mol. The molecule has 0 radical (unpaired) electrons. The van der Waals surface area contributed by atoms with Crippen molar-refractivity contribution in [1.82, 2.24) is 14.7 Å².